The lowest BCUT2D eigenvalue weighted by molar-refractivity contribution is 0.102. The monoisotopic (exact) mass is 408 g/mol. The van der Waals surface area contributed by atoms with Crippen molar-refractivity contribution in [2.24, 2.45) is 0 Å². The molecule has 2 heterocycles. The Kier molecular flexibility index (Phi) is 5.69. The third-order valence-corrected chi connectivity index (χ3v) is 5.95. The van der Waals surface area contributed by atoms with E-state index in [1.54, 1.807) is 6.20 Å². The summed E-state index contributed by atoms with van der Waals surface area (Å²) in [6, 6.07) is 13.5. The van der Waals surface area contributed by atoms with Gasteiger partial charge in [-0.3, -0.25) is 4.79 Å². The lowest BCUT2D eigenvalue weighted by atomic mass is 9.91. The van der Waals surface area contributed by atoms with Gasteiger partial charge in [0.25, 0.3) is 5.91 Å². The topological polar surface area (TPSA) is 59.0 Å². The number of aryl methyl sites for hydroxylation is 1. The van der Waals surface area contributed by atoms with Crippen LogP contribution in [0, 0.1) is 13.8 Å². The minimum absolute atomic E-state index is 0.118. The van der Waals surface area contributed by atoms with Crippen molar-refractivity contribution in [3.05, 3.63) is 76.1 Å². The van der Waals surface area contributed by atoms with E-state index in [4.69, 9.17) is 11.6 Å². The fraction of sp³-hybridized carbons (Fsp3) is 0.304. The number of benzene rings is 2. The van der Waals surface area contributed by atoms with Crippen LogP contribution in [0.5, 0.6) is 0 Å². The largest absolute Gasteiger partial charge is 0.322 e. The van der Waals surface area contributed by atoms with Crippen LogP contribution in [0.4, 0.5) is 5.69 Å². The number of rotatable bonds is 4. The van der Waals surface area contributed by atoms with Gasteiger partial charge in [-0.1, -0.05) is 23.7 Å². The Hall–Kier alpha value is -2.63. The van der Waals surface area contributed by atoms with Crippen LogP contribution < -0.4 is 10.6 Å². The zero-order valence-electron chi connectivity index (χ0n) is 16.7. The molecule has 1 aliphatic heterocycles. The van der Waals surface area contributed by atoms with Crippen molar-refractivity contribution in [2.75, 3.05) is 18.4 Å². The lowest BCUT2D eigenvalue weighted by Crippen LogP contribution is -2.29. The molecule has 1 amide bonds. The van der Waals surface area contributed by atoms with Gasteiger partial charge in [0.1, 0.15) is 0 Å². The second-order valence-electron chi connectivity index (χ2n) is 7.56. The van der Waals surface area contributed by atoms with Crippen LogP contribution >= 0.6 is 11.6 Å². The molecule has 2 N–H and O–H groups in total. The number of nitrogens with one attached hydrogen (secondary N) is 2. The molecule has 1 saturated heterocycles. The van der Waals surface area contributed by atoms with Crippen LogP contribution in [-0.4, -0.2) is 28.8 Å². The summed E-state index contributed by atoms with van der Waals surface area (Å²) in [7, 11) is 0. The van der Waals surface area contributed by atoms with Crippen LogP contribution in [0.25, 0.3) is 5.69 Å². The number of piperidine rings is 1. The summed E-state index contributed by atoms with van der Waals surface area (Å²) >= 11 is 6.06. The molecule has 0 bridgehead atoms. The van der Waals surface area contributed by atoms with Gasteiger partial charge in [-0.2, -0.15) is 5.10 Å². The molecule has 0 unspecified atom stereocenters. The zero-order chi connectivity index (χ0) is 20.4. The Morgan fingerprint density at radius 3 is 2.59 bits per heavy atom. The van der Waals surface area contributed by atoms with Crippen molar-refractivity contribution < 1.29 is 4.79 Å². The average molecular weight is 409 g/mol. The first-order chi connectivity index (χ1) is 14.0. The highest BCUT2D eigenvalue weighted by Crippen LogP contribution is 2.31. The summed E-state index contributed by atoms with van der Waals surface area (Å²) in [6.07, 6.45) is 3.64. The molecule has 3 aromatic rings. The van der Waals surface area contributed by atoms with E-state index in [1.165, 1.54) is 0 Å². The summed E-state index contributed by atoms with van der Waals surface area (Å²) in [5, 5.41) is 11.8. The molecule has 0 atom stereocenters. The van der Waals surface area contributed by atoms with E-state index < -0.39 is 0 Å². The maximum atomic E-state index is 13.2. The SMILES string of the molecule is Cc1cccc(NC(=O)c2cnn(-c3ccc(Cl)cc3)c2C2CCNCC2)c1C. The molecular weight excluding hydrogens is 384 g/mol. The number of hydrogen-bond acceptors (Lipinski definition) is 3. The van der Waals surface area contributed by atoms with Crippen LogP contribution in [0.1, 0.15) is 45.9 Å². The summed E-state index contributed by atoms with van der Waals surface area (Å²) in [4.78, 5) is 13.2. The van der Waals surface area contributed by atoms with E-state index in [9.17, 15) is 4.79 Å². The van der Waals surface area contributed by atoms with Crippen molar-refractivity contribution in [2.45, 2.75) is 32.6 Å². The van der Waals surface area contributed by atoms with Crippen LogP contribution in [0.15, 0.2) is 48.7 Å². The predicted octanol–water partition coefficient (Wildman–Crippen LogP) is 4.86. The number of carbonyl (C=O) groups is 1. The third kappa shape index (κ3) is 4.07. The first-order valence-corrected chi connectivity index (χ1v) is 10.3. The standard InChI is InChI=1S/C23H25ClN4O/c1-15-4-3-5-21(16(15)2)27-23(29)20-14-26-28(19-8-6-18(24)7-9-19)22(20)17-10-12-25-13-11-17/h3-9,14,17,25H,10-13H2,1-2H3,(H,27,29). The Morgan fingerprint density at radius 2 is 1.86 bits per heavy atom. The van der Waals surface area contributed by atoms with Crippen molar-refractivity contribution in [1.29, 1.82) is 0 Å². The van der Waals surface area contributed by atoms with Crippen molar-refractivity contribution >= 4 is 23.2 Å². The van der Waals surface area contributed by atoms with Gasteiger partial charge in [0.05, 0.1) is 23.1 Å². The smallest absolute Gasteiger partial charge is 0.259 e. The van der Waals surface area contributed by atoms with Gasteiger partial charge >= 0.3 is 0 Å². The van der Waals surface area contributed by atoms with E-state index in [0.29, 0.717) is 10.6 Å². The highest BCUT2D eigenvalue weighted by Gasteiger charge is 2.27. The summed E-state index contributed by atoms with van der Waals surface area (Å²) in [5.41, 5.74) is 5.58. The van der Waals surface area contributed by atoms with Crippen LogP contribution in [0.2, 0.25) is 5.02 Å². The fourth-order valence-corrected chi connectivity index (χ4v) is 4.01. The summed E-state index contributed by atoms with van der Waals surface area (Å²) < 4.78 is 1.89. The zero-order valence-corrected chi connectivity index (χ0v) is 17.5. The molecule has 1 aliphatic rings. The second-order valence-corrected chi connectivity index (χ2v) is 7.99. The molecule has 29 heavy (non-hydrogen) atoms. The van der Waals surface area contributed by atoms with Crippen LogP contribution in [-0.2, 0) is 0 Å². The molecule has 6 heteroatoms. The second kappa shape index (κ2) is 8.39. The van der Waals surface area contributed by atoms with Gasteiger partial charge in [0.2, 0.25) is 0 Å². The van der Waals surface area contributed by atoms with Crippen molar-refractivity contribution in [1.82, 2.24) is 15.1 Å². The van der Waals surface area contributed by atoms with Gasteiger partial charge in [-0.05, 0) is 81.2 Å². The normalized spacial score (nSPS) is 14.7. The van der Waals surface area contributed by atoms with Gasteiger partial charge < -0.3 is 10.6 Å². The Labute approximate surface area is 176 Å². The minimum atomic E-state index is -0.118. The molecule has 1 fully saturated rings. The Balaban J connectivity index is 1.73. The molecule has 150 valence electrons. The number of nitrogens with zero attached hydrogens (tertiary/aromatic N) is 2. The first-order valence-electron chi connectivity index (χ1n) is 9.96. The molecule has 0 spiro atoms. The lowest BCUT2D eigenvalue weighted by Gasteiger charge is -2.25. The fourth-order valence-electron chi connectivity index (χ4n) is 3.89. The van der Waals surface area contributed by atoms with E-state index in [2.05, 4.69) is 15.7 Å². The average Bonchev–Trinajstić information content (AvgIpc) is 3.18. The van der Waals surface area contributed by atoms with Gasteiger partial charge in [-0.15, -0.1) is 0 Å². The number of aromatic nitrogens is 2. The highest BCUT2D eigenvalue weighted by atomic mass is 35.5. The third-order valence-electron chi connectivity index (χ3n) is 5.70. The maximum Gasteiger partial charge on any atom is 0.259 e. The molecule has 5 nitrogen and oxygen atoms in total. The molecule has 0 aliphatic carbocycles. The van der Waals surface area contributed by atoms with E-state index in [0.717, 1.165) is 54.1 Å². The number of hydrogen-bond donors (Lipinski definition) is 2. The number of amides is 1. The van der Waals surface area contributed by atoms with E-state index in [1.807, 2.05) is 61.0 Å². The molecule has 2 aromatic carbocycles. The molecule has 0 saturated carbocycles. The highest BCUT2D eigenvalue weighted by molar-refractivity contribution is 6.30. The predicted molar refractivity (Wildman–Crippen MR) is 117 cm³/mol. The Morgan fingerprint density at radius 1 is 1.14 bits per heavy atom. The van der Waals surface area contributed by atoms with Gasteiger partial charge in [-0.25, -0.2) is 4.68 Å². The van der Waals surface area contributed by atoms with Gasteiger partial charge in [0, 0.05) is 16.6 Å². The number of anilines is 1. The summed E-state index contributed by atoms with van der Waals surface area (Å²) in [5.74, 6) is 0.154. The van der Waals surface area contributed by atoms with E-state index in [-0.39, 0.29) is 11.8 Å². The van der Waals surface area contributed by atoms with E-state index >= 15 is 0 Å². The first kappa shape index (κ1) is 19.7. The molecular formula is C23H25ClN4O. The quantitative estimate of drug-likeness (QED) is 0.648. The van der Waals surface area contributed by atoms with Crippen molar-refractivity contribution in [3.8, 4) is 5.69 Å². The molecule has 4 rings (SSSR count). The van der Waals surface area contributed by atoms with Gasteiger partial charge in [0.15, 0.2) is 0 Å². The van der Waals surface area contributed by atoms with Crippen molar-refractivity contribution in [3.63, 3.8) is 0 Å². The summed E-state index contributed by atoms with van der Waals surface area (Å²) in [6.45, 7) is 5.95. The molecule has 0 radical (unpaired) electrons. The number of halogens is 1. The minimum Gasteiger partial charge on any atom is -0.322 e. The van der Waals surface area contributed by atoms with Crippen LogP contribution in [0.3, 0.4) is 0 Å². The molecule has 1 aromatic heterocycles. The maximum absolute atomic E-state index is 13.2. The Bertz CT molecular complexity index is 1020. The number of carbonyl (C=O) groups excluding carboxylic acids is 1.